The number of hydrogen-bond donors (Lipinski definition) is 0. The van der Waals surface area contributed by atoms with Crippen LogP contribution in [0.1, 0.15) is 0 Å². The Kier molecular flexibility index (Phi) is 5.19. The normalized spacial score (nSPS) is 12.0. The first-order valence-electron chi connectivity index (χ1n) is 15.4. The van der Waals surface area contributed by atoms with E-state index in [-0.39, 0.29) is 0 Å². The third-order valence-electron chi connectivity index (χ3n) is 9.32. The van der Waals surface area contributed by atoms with Gasteiger partial charge in [0.05, 0.1) is 27.8 Å². The van der Waals surface area contributed by atoms with E-state index in [4.69, 9.17) is 0 Å². The van der Waals surface area contributed by atoms with Crippen LogP contribution in [0, 0.1) is 0 Å². The van der Waals surface area contributed by atoms with Crippen molar-refractivity contribution in [2.45, 2.75) is 0 Å². The molecule has 0 bridgehead atoms. The summed E-state index contributed by atoms with van der Waals surface area (Å²) in [7, 11) is 0. The van der Waals surface area contributed by atoms with Crippen molar-refractivity contribution in [1.29, 1.82) is 0 Å². The molecular formula is C42H26N2S. The fraction of sp³-hybridized carbons (Fsp3) is 0. The number of aromatic nitrogens is 2. The zero-order chi connectivity index (χ0) is 29.5. The van der Waals surface area contributed by atoms with Gasteiger partial charge < -0.3 is 9.13 Å². The van der Waals surface area contributed by atoms with Crippen LogP contribution in [0.25, 0.3) is 86.3 Å². The highest BCUT2D eigenvalue weighted by Gasteiger charge is 2.20. The van der Waals surface area contributed by atoms with Crippen LogP contribution in [0.4, 0.5) is 0 Å². The monoisotopic (exact) mass is 590 g/mol. The topological polar surface area (TPSA) is 9.86 Å². The van der Waals surface area contributed by atoms with Crippen molar-refractivity contribution in [1.82, 2.24) is 9.13 Å². The van der Waals surface area contributed by atoms with Crippen LogP contribution in [0.2, 0.25) is 0 Å². The molecule has 45 heavy (non-hydrogen) atoms. The molecular weight excluding hydrogens is 565 g/mol. The van der Waals surface area contributed by atoms with Gasteiger partial charge >= 0.3 is 0 Å². The Hall–Kier alpha value is -5.64. The highest BCUT2D eigenvalue weighted by molar-refractivity contribution is 7.25. The van der Waals surface area contributed by atoms with Crippen LogP contribution in [0.3, 0.4) is 0 Å². The fourth-order valence-corrected chi connectivity index (χ4v) is 8.58. The lowest BCUT2D eigenvalue weighted by Gasteiger charge is -2.11. The summed E-state index contributed by atoms with van der Waals surface area (Å²) in [6.45, 7) is 0. The third kappa shape index (κ3) is 3.50. The molecule has 0 N–H and O–H groups in total. The van der Waals surface area contributed by atoms with Gasteiger partial charge in [0.2, 0.25) is 0 Å². The maximum atomic E-state index is 2.48. The summed E-state index contributed by atoms with van der Waals surface area (Å²) in [6, 6.07) is 57.6. The van der Waals surface area contributed by atoms with E-state index < -0.39 is 0 Å². The Morgan fingerprint density at radius 3 is 1.89 bits per heavy atom. The van der Waals surface area contributed by atoms with Gasteiger partial charge in [-0.1, -0.05) is 103 Å². The summed E-state index contributed by atoms with van der Waals surface area (Å²) >= 11 is 1.87. The maximum absolute atomic E-state index is 2.48. The van der Waals surface area contributed by atoms with Gasteiger partial charge in [-0.3, -0.25) is 0 Å². The number of rotatable bonds is 3. The van der Waals surface area contributed by atoms with Crippen LogP contribution < -0.4 is 0 Å². The Balaban J connectivity index is 1.29. The average Bonchev–Trinajstić information content (AvgIpc) is 3.76. The van der Waals surface area contributed by atoms with Gasteiger partial charge in [-0.25, -0.2) is 0 Å². The highest BCUT2D eigenvalue weighted by Crippen LogP contribution is 2.44. The van der Waals surface area contributed by atoms with Gasteiger partial charge in [0, 0.05) is 47.4 Å². The molecule has 3 heteroatoms. The van der Waals surface area contributed by atoms with Gasteiger partial charge in [-0.15, -0.1) is 11.3 Å². The molecule has 0 fully saturated rings. The maximum Gasteiger partial charge on any atom is 0.0555 e. The lowest BCUT2D eigenvalue weighted by molar-refractivity contribution is 1.18. The molecule has 10 rings (SSSR count). The fourth-order valence-electron chi connectivity index (χ4n) is 7.46. The molecule has 0 aliphatic heterocycles. The van der Waals surface area contributed by atoms with Gasteiger partial charge in [0.25, 0.3) is 0 Å². The molecule has 0 radical (unpaired) electrons. The largest absolute Gasteiger partial charge is 0.309 e. The molecule has 0 aliphatic rings. The van der Waals surface area contributed by atoms with Crippen molar-refractivity contribution in [3.8, 4) is 22.5 Å². The smallest absolute Gasteiger partial charge is 0.0555 e. The average molecular weight is 591 g/mol. The minimum atomic E-state index is 1.17. The summed E-state index contributed by atoms with van der Waals surface area (Å²) in [5, 5.41) is 7.72. The Morgan fingerprint density at radius 2 is 1.02 bits per heavy atom. The molecule has 0 amide bonds. The van der Waals surface area contributed by atoms with Crippen LogP contribution in [0.5, 0.6) is 0 Å². The summed E-state index contributed by atoms with van der Waals surface area (Å²) in [4.78, 5) is 0. The SMILES string of the molecule is c1ccc(-n2c3ccccc3c3ccc(-c4cccc5c4c4ccccc4n5-c4cccc5sc6ccccc6c45)cc32)cc1. The van der Waals surface area contributed by atoms with E-state index in [9.17, 15) is 0 Å². The molecule has 0 unspecified atom stereocenters. The quantitative estimate of drug-likeness (QED) is 0.194. The highest BCUT2D eigenvalue weighted by atomic mass is 32.1. The standard InChI is InChI=1S/C42H26N2S/c1-2-12-28(13-3-1)43-34-18-7-4-14-30(34)31-25-24-27(26-38(31)43)29-17-10-20-36-41(29)32-15-5-8-19-35(32)44(36)37-21-11-23-40-42(37)33-16-6-9-22-39(33)45-40/h1-26H. The molecule has 7 aromatic carbocycles. The Morgan fingerprint density at radius 1 is 0.378 bits per heavy atom. The van der Waals surface area contributed by atoms with Crippen molar-refractivity contribution < 1.29 is 0 Å². The summed E-state index contributed by atoms with van der Waals surface area (Å²) < 4.78 is 7.52. The molecule has 3 heterocycles. The zero-order valence-corrected chi connectivity index (χ0v) is 25.1. The van der Waals surface area contributed by atoms with E-state index in [0.717, 1.165) is 0 Å². The minimum Gasteiger partial charge on any atom is -0.309 e. The molecule has 0 saturated carbocycles. The number of para-hydroxylation sites is 3. The molecule has 10 aromatic rings. The second-order valence-electron chi connectivity index (χ2n) is 11.7. The molecule has 0 spiro atoms. The van der Waals surface area contributed by atoms with Crippen molar-refractivity contribution >= 4 is 75.1 Å². The predicted octanol–water partition coefficient (Wildman–Crippen LogP) is 11.9. The Bertz CT molecular complexity index is 2760. The zero-order valence-electron chi connectivity index (χ0n) is 24.3. The van der Waals surface area contributed by atoms with Crippen molar-refractivity contribution in [2.75, 3.05) is 0 Å². The molecule has 3 aromatic heterocycles. The van der Waals surface area contributed by atoms with Crippen LogP contribution in [-0.2, 0) is 0 Å². The van der Waals surface area contributed by atoms with E-state index in [1.165, 1.54) is 86.3 Å². The summed E-state index contributed by atoms with van der Waals surface area (Å²) in [5.74, 6) is 0. The molecule has 2 nitrogen and oxygen atoms in total. The van der Waals surface area contributed by atoms with Crippen molar-refractivity contribution in [3.05, 3.63) is 158 Å². The van der Waals surface area contributed by atoms with Gasteiger partial charge in [0.1, 0.15) is 0 Å². The van der Waals surface area contributed by atoms with Crippen LogP contribution in [-0.4, -0.2) is 9.13 Å². The van der Waals surface area contributed by atoms with E-state index in [1.807, 2.05) is 11.3 Å². The molecule has 0 aliphatic carbocycles. The second-order valence-corrected chi connectivity index (χ2v) is 12.8. The van der Waals surface area contributed by atoms with Gasteiger partial charge in [-0.05, 0) is 65.7 Å². The Labute approximate surface area is 263 Å². The first-order valence-corrected chi connectivity index (χ1v) is 16.2. The van der Waals surface area contributed by atoms with Crippen LogP contribution >= 0.6 is 11.3 Å². The lowest BCUT2D eigenvalue weighted by Crippen LogP contribution is -1.94. The van der Waals surface area contributed by atoms with Gasteiger partial charge in [-0.2, -0.15) is 0 Å². The van der Waals surface area contributed by atoms with Crippen molar-refractivity contribution in [3.63, 3.8) is 0 Å². The van der Waals surface area contributed by atoms with Crippen LogP contribution in [0.15, 0.2) is 158 Å². The third-order valence-corrected chi connectivity index (χ3v) is 10.5. The number of benzene rings is 7. The molecule has 210 valence electrons. The van der Waals surface area contributed by atoms with E-state index in [1.54, 1.807) is 0 Å². The predicted molar refractivity (Wildman–Crippen MR) is 193 cm³/mol. The first kappa shape index (κ1) is 24.8. The van der Waals surface area contributed by atoms with E-state index >= 15 is 0 Å². The number of fused-ring (bicyclic) bond motifs is 9. The second kappa shape index (κ2) is 9.43. The summed E-state index contributed by atoms with van der Waals surface area (Å²) in [6.07, 6.45) is 0. The minimum absolute atomic E-state index is 1.17. The first-order chi connectivity index (χ1) is 22.3. The molecule has 0 saturated heterocycles. The van der Waals surface area contributed by atoms with E-state index in [2.05, 4.69) is 167 Å². The number of hydrogen-bond acceptors (Lipinski definition) is 1. The van der Waals surface area contributed by atoms with Crippen molar-refractivity contribution in [2.24, 2.45) is 0 Å². The van der Waals surface area contributed by atoms with E-state index in [0.29, 0.717) is 0 Å². The molecule has 0 atom stereocenters. The van der Waals surface area contributed by atoms with Gasteiger partial charge in [0.15, 0.2) is 0 Å². The summed E-state index contributed by atoms with van der Waals surface area (Å²) in [5.41, 5.74) is 9.76. The lowest BCUT2D eigenvalue weighted by atomic mass is 9.98. The number of thiophene rings is 1. The number of nitrogens with zero attached hydrogens (tertiary/aromatic N) is 2.